The summed E-state index contributed by atoms with van der Waals surface area (Å²) < 4.78 is 40.2. The van der Waals surface area contributed by atoms with Gasteiger partial charge in [0.1, 0.15) is 18.1 Å². The van der Waals surface area contributed by atoms with Crippen LogP contribution in [0.4, 0.5) is 15.3 Å². The first kappa shape index (κ1) is 59.5. The molecule has 0 bridgehead atoms. The normalized spacial score (nSPS) is 12.2. The predicted octanol–water partition coefficient (Wildman–Crippen LogP) is 13.5. The minimum Gasteiger partial charge on any atom is -0.495 e. The van der Waals surface area contributed by atoms with E-state index >= 15 is 0 Å². The van der Waals surface area contributed by atoms with Crippen molar-refractivity contribution in [3.05, 3.63) is 106 Å². The minimum atomic E-state index is -0.515. The molecule has 16 nitrogen and oxygen atoms in total. The van der Waals surface area contributed by atoms with Crippen LogP contribution in [0.2, 0.25) is 0 Å². The standard InChI is InChI=1S/C43H52N4O8S2.C16H23NO3/c1-9-42(2,3)24-43(4,5)25-45-38(48)14-17-56-57-28-12-10-27(11-13-28)23-53-41(50)46(6)15-16-47-39-31-20-36-37(55-26-54-36)21-33(31)44-22-32(39)29-18-34(51-7)35(52-8)19-30(29)40(47)49;1-5-7-8-13(6-2)20-16(18)17-14-11-12(3)9-10-15(14)19-4/h10-13,18-22H,9,14-17,23-26H2,1-8H3,(H,45,48);8-11H,5-7H2,1-4H3,(H,17,18)/b;13-8-. The number of pyridine rings is 2. The van der Waals surface area contributed by atoms with Gasteiger partial charge in [0.15, 0.2) is 23.0 Å². The van der Waals surface area contributed by atoms with Crippen LogP contribution in [-0.2, 0) is 27.4 Å². The lowest BCUT2D eigenvalue weighted by Crippen LogP contribution is -2.36. The third-order valence-electron chi connectivity index (χ3n) is 13.2. The van der Waals surface area contributed by atoms with E-state index in [1.165, 1.54) is 12.0 Å². The molecule has 3 amide bonds. The number of nitrogens with one attached hydrogen (secondary N) is 2. The molecular weight excluding hydrogens is 1020 g/mol. The van der Waals surface area contributed by atoms with Crippen LogP contribution in [0.5, 0.6) is 28.7 Å². The van der Waals surface area contributed by atoms with Crippen molar-refractivity contribution < 1.29 is 47.5 Å². The van der Waals surface area contributed by atoms with Gasteiger partial charge in [0, 0.05) is 78.6 Å². The summed E-state index contributed by atoms with van der Waals surface area (Å²) in [5.74, 6) is 4.15. The van der Waals surface area contributed by atoms with Crippen LogP contribution in [0.3, 0.4) is 0 Å². The Balaban J connectivity index is 0.000000404. The fourth-order valence-corrected chi connectivity index (χ4v) is 10.9. The van der Waals surface area contributed by atoms with Gasteiger partial charge in [-0.15, -0.1) is 0 Å². The summed E-state index contributed by atoms with van der Waals surface area (Å²) in [5.41, 5.74) is 3.83. The number of aryl methyl sites for hydroxylation is 1. The van der Waals surface area contributed by atoms with Crippen molar-refractivity contribution in [1.82, 2.24) is 19.8 Å². The van der Waals surface area contributed by atoms with Crippen molar-refractivity contribution in [2.45, 2.75) is 112 Å². The van der Waals surface area contributed by atoms with Crippen molar-refractivity contribution in [1.29, 1.82) is 0 Å². The number of amides is 3. The van der Waals surface area contributed by atoms with Gasteiger partial charge in [-0.3, -0.25) is 19.9 Å². The maximum absolute atomic E-state index is 14.3. The lowest BCUT2D eigenvalue weighted by atomic mass is 9.73. The van der Waals surface area contributed by atoms with E-state index in [1.807, 2.05) is 68.5 Å². The third-order valence-corrected chi connectivity index (χ3v) is 15.6. The Morgan fingerprint density at radius 2 is 1.53 bits per heavy atom. The number of hydrogen-bond donors (Lipinski definition) is 2. The molecule has 77 heavy (non-hydrogen) atoms. The van der Waals surface area contributed by atoms with Crippen molar-refractivity contribution >= 4 is 77.9 Å². The zero-order chi connectivity index (χ0) is 55.9. The molecule has 1 aliphatic heterocycles. The smallest absolute Gasteiger partial charge is 0.416 e. The summed E-state index contributed by atoms with van der Waals surface area (Å²) in [5, 5.41) is 8.37. The maximum atomic E-state index is 14.3. The molecule has 6 aromatic rings. The number of fused-ring (bicyclic) bond motifs is 6. The quantitative estimate of drug-likeness (QED) is 0.0268. The monoisotopic (exact) mass is 1090 g/mol. The lowest BCUT2D eigenvalue weighted by Gasteiger charge is -2.34. The first-order chi connectivity index (χ1) is 36.8. The molecule has 0 saturated heterocycles. The van der Waals surface area contributed by atoms with Crippen LogP contribution in [-0.4, -0.2) is 86.6 Å². The molecule has 3 heterocycles. The number of carbonyl (C=O) groups is 3. The first-order valence-electron chi connectivity index (χ1n) is 26.0. The Bertz CT molecular complexity index is 3120. The molecule has 0 unspecified atom stereocenters. The number of rotatable bonds is 23. The average Bonchev–Trinajstić information content (AvgIpc) is 3.90. The summed E-state index contributed by atoms with van der Waals surface area (Å²) in [7, 11) is 9.54. The highest BCUT2D eigenvalue weighted by molar-refractivity contribution is 8.76. The Labute approximate surface area is 460 Å². The van der Waals surface area contributed by atoms with E-state index < -0.39 is 12.2 Å². The highest BCUT2D eigenvalue weighted by Gasteiger charge is 2.28. The van der Waals surface area contributed by atoms with Gasteiger partial charge in [0.25, 0.3) is 5.56 Å². The van der Waals surface area contributed by atoms with Crippen LogP contribution in [0.15, 0.2) is 94.5 Å². The second kappa shape index (κ2) is 27.5. The van der Waals surface area contributed by atoms with Gasteiger partial charge < -0.3 is 47.9 Å². The zero-order valence-electron chi connectivity index (χ0n) is 46.6. The molecule has 0 saturated carbocycles. The molecule has 2 N–H and O–H groups in total. The summed E-state index contributed by atoms with van der Waals surface area (Å²) in [4.78, 5) is 59.0. The van der Waals surface area contributed by atoms with E-state index in [1.54, 1.807) is 71.8 Å². The van der Waals surface area contributed by atoms with Gasteiger partial charge in [0.05, 0.1) is 43.4 Å². The second-order valence-electron chi connectivity index (χ2n) is 20.4. The van der Waals surface area contributed by atoms with Crippen LogP contribution in [0.25, 0.3) is 32.6 Å². The Kier molecular flexibility index (Phi) is 21.2. The van der Waals surface area contributed by atoms with Crippen LogP contribution in [0, 0.1) is 17.8 Å². The molecule has 0 atom stereocenters. The van der Waals surface area contributed by atoms with E-state index in [-0.39, 0.29) is 48.8 Å². The number of nitrogens with zero attached hydrogens (tertiary/aromatic N) is 3. The third kappa shape index (κ3) is 16.1. The lowest BCUT2D eigenvalue weighted by molar-refractivity contribution is -0.121. The highest BCUT2D eigenvalue weighted by Crippen LogP contribution is 2.41. The van der Waals surface area contributed by atoms with Gasteiger partial charge in [-0.25, -0.2) is 9.59 Å². The van der Waals surface area contributed by atoms with Gasteiger partial charge in [-0.05, 0) is 90.3 Å². The molecule has 414 valence electrons. The van der Waals surface area contributed by atoms with Crippen molar-refractivity contribution in [2.24, 2.45) is 10.8 Å². The molecule has 1 aliphatic rings. The highest BCUT2D eigenvalue weighted by atomic mass is 33.1. The molecule has 0 spiro atoms. The van der Waals surface area contributed by atoms with Crippen molar-refractivity contribution in [3.63, 3.8) is 0 Å². The summed E-state index contributed by atoms with van der Waals surface area (Å²) >= 11 is 0. The molecule has 7 rings (SSSR count). The number of hydrogen-bond acceptors (Lipinski definition) is 14. The van der Waals surface area contributed by atoms with Crippen LogP contribution >= 0.6 is 21.6 Å². The number of ether oxygens (including phenoxy) is 7. The number of likely N-dealkylation sites (N-methyl/N-ethyl adjacent to an activating group) is 1. The SMILES string of the molecule is CCC(C)(C)CC(C)(C)CNC(=O)CCSSc1ccc(COC(=O)N(C)CCn2c(=O)c3cc(OC)c(OC)cc3c3cnc4cc5c(cc4c32)OCO5)cc1.CCC/C=C(/CC)OC(=O)Nc1cc(C)ccc1OC. The molecule has 4 aromatic carbocycles. The zero-order valence-corrected chi connectivity index (χ0v) is 48.3. The second-order valence-corrected chi connectivity index (χ2v) is 22.9. The number of carbonyl (C=O) groups excluding carboxylic acids is 3. The molecule has 0 radical (unpaired) electrons. The molecule has 0 aliphatic carbocycles. The molecular formula is C59H75N5O11S2. The predicted molar refractivity (Wildman–Crippen MR) is 309 cm³/mol. The number of benzene rings is 4. The van der Waals surface area contributed by atoms with E-state index in [4.69, 9.17) is 38.1 Å². The summed E-state index contributed by atoms with van der Waals surface area (Å²) in [6.45, 7) is 18.4. The van der Waals surface area contributed by atoms with E-state index in [2.05, 4.69) is 52.2 Å². The van der Waals surface area contributed by atoms with Crippen LogP contribution in [0.1, 0.15) is 98.1 Å². The van der Waals surface area contributed by atoms with E-state index in [0.717, 1.165) is 47.1 Å². The van der Waals surface area contributed by atoms with Gasteiger partial charge in [-0.1, -0.05) is 101 Å². The average molecular weight is 1090 g/mol. The number of methoxy groups -OCH3 is 3. The Hall–Kier alpha value is -6.79. The minimum absolute atomic E-state index is 0.0446. The number of aromatic nitrogens is 2. The number of allylic oxidation sites excluding steroid dienone is 2. The first-order valence-corrected chi connectivity index (χ1v) is 28.3. The van der Waals surface area contributed by atoms with Gasteiger partial charge >= 0.3 is 12.2 Å². The fraction of sp³-hybridized carbons (Fsp3) is 0.441. The maximum Gasteiger partial charge on any atom is 0.416 e. The molecule has 18 heteroatoms. The van der Waals surface area contributed by atoms with Crippen molar-refractivity contribution in [3.8, 4) is 28.7 Å². The largest absolute Gasteiger partial charge is 0.495 e. The van der Waals surface area contributed by atoms with Crippen molar-refractivity contribution in [2.75, 3.05) is 59.3 Å². The number of unbranched alkanes of at least 4 members (excludes halogenated alkanes) is 1. The Morgan fingerprint density at radius 3 is 2.19 bits per heavy atom. The topological polar surface area (TPSA) is 178 Å². The summed E-state index contributed by atoms with van der Waals surface area (Å²) in [6.07, 6.45) is 7.94. The van der Waals surface area contributed by atoms with Crippen LogP contribution < -0.4 is 39.9 Å². The fourth-order valence-electron chi connectivity index (χ4n) is 8.92. The Morgan fingerprint density at radius 1 is 0.844 bits per heavy atom. The van der Waals surface area contributed by atoms with E-state index in [0.29, 0.717) is 92.5 Å². The molecule has 2 aromatic heterocycles. The molecule has 0 fully saturated rings. The van der Waals surface area contributed by atoms with Gasteiger partial charge in [0.2, 0.25) is 12.7 Å². The summed E-state index contributed by atoms with van der Waals surface area (Å²) in [6, 6.07) is 20.5. The van der Waals surface area contributed by atoms with E-state index in [9.17, 15) is 19.2 Å². The number of anilines is 1. The van der Waals surface area contributed by atoms with Gasteiger partial charge in [-0.2, -0.15) is 0 Å².